The summed E-state index contributed by atoms with van der Waals surface area (Å²) in [6, 6.07) is 4.66. The summed E-state index contributed by atoms with van der Waals surface area (Å²) in [4.78, 5) is 13.8. The van der Waals surface area contributed by atoms with Crippen LogP contribution in [0, 0.1) is 11.3 Å². The van der Waals surface area contributed by atoms with Gasteiger partial charge in [-0.15, -0.1) is 8.78 Å². The van der Waals surface area contributed by atoms with Crippen molar-refractivity contribution in [3.8, 4) is 11.5 Å². The Morgan fingerprint density at radius 2 is 2.12 bits per heavy atom. The molecule has 24 heavy (non-hydrogen) atoms. The van der Waals surface area contributed by atoms with Crippen LogP contribution in [0.3, 0.4) is 0 Å². The highest BCUT2D eigenvalue weighted by Gasteiger charge is 2.54. The molecule has 0 bridgehead atoms. The predicted molar refractivity (Wildman–Crippen MR) is 76.9 cm³/mol. The zero-order chi connectivity index (χ0) is 16.9. The van der Waals surface area contributed by atoms with E-state index in [-0.39, 0.29) is 24.0 Å². The Morgan fingerprint density at radius 3 is 2.88 bits per heavy atom. The Hall–Kier alpha value is -1.93. The standard InChI is InChI=1S/C16H17F2NO5/c17-16(18)23-12-2-1-10(5-13(12)24-16)6-19-7-11-3-4-22-9-15(11,8-19)14(20)21/h1-2,5,11H,3-4,6-9H2,(H,20,21)/t11-,15+/m0/s1. The minimum Gasteiger partial charge on any atom is -0.481 e. The average Bonchev–Trinajstić information content (AvgIpc) is 3.02. The van der Waals surface area contributed by atoms with Crippen LogP contribution in [0.25, 0.3) is 0 Å². The number of halogens is 2. The van der Waals surface area contributed by atoms with Gasteiger partial charge in [-0.05, 0) is 30.0 Å². The zero-order valence-corrected chi connectivity index (χ0v) is 12.8. The number of aliphatic carboxylic acids is 1. The minimum absolute atomic E-state index is 0.00499. The van der Waals surface area contributed by atoms with E-state index in [2.05, 4.69) is 9.47 Å². The van der Waals surface area contributed by atoms with E-state index < -0.39 is 17.7 Å². The number of carbonyl (C=O) groups is 1. The molecule has 1 N–H and O–H groups in total. The molecule has 0 aromatic heterocycles. The second-order valence-corrected chi connectivity index (χ2v) is 6.62. The van der Waals surface area contributed by atoms with Crippen LogP contribution in [0.1, 0.15) is 12.0 Å². The molecule has 0 aliphatic carbocycles. The SMILES string of the molecule is O=C(O)[C@]12COCC[C@H]1CN(Cc1ccc3c(c1)OC(F)(F)O3)C2. The molecule has 0 saturated carbocycles. The van der Waals surface area contributed by atoms with Crippen molar-refractivity contribution in [2.45, 2.75) is 19.3 Å². The summed E-state index contributed by atoms with van der Waals surface area (Å²) in [5.74, 6) is -0.776. The number of carboxylic acid groups (broad SMARTS) is 1. The maximum atomic E-state index is 13.1. The highest BCUT2D eigenvalue weighted by Crippen LogP contribution is 2.44. The van der Waals surface area contributed by atoms with Crippen molar-refractivity contribution < 1.29 is 32.9 Å². The van der Waals surface area contributed by atoms with Crippen LogP contribution < -0.4 is 9.47 Å². The number of benzene rings is 1. The number of fused-ring (bicyclic) bond motifs is 2. The van der Waals surface area contributed by atoms with Gasteiger partial charge in [-0.3, -0.25) is 9.69 Å². The van der Waals surface area contributed by atoms with Gasteiger partial charge in [0.1, 0.15) is 5.41 Å². The lowest BCUT2D eigenvalue weighted by molar-refractivity contribution is -0.286. The van der Waals surface area contributed by atoms with E-state index >= 15 is 0 Å². The largest absolute Gasteiger partial charge is 0.586 e. The Morgan fingerprint density at radius 1 is 1.33 bits per heavy atom. The van der Waals surface area contributed by atoms with Gasteiger partial charge >= 0.3 is 12.3 Å². The minimum atomic E-state index is -3.63. The highest BCUT2D eigenvalue weighted by molar-refractivity contribution is 5.76. The molecule has 6 nitrogen and oxygen atoms in total. The van der Waals surface area contributed by atoms with Gasteiger partial charge in [0.25, 0.3) is 0 Å². The van der Waals surface area contributed by atoms with Crippen LogP contribution in [0.2, 0.25) is 0 Å². The molecule has 0 spiro atoms. The normalized spacial score (nSPS) is 31.0. The summed E-state index contributed by atoms with van der Waals surface area (Å²) in [6.45, 7) is 2.30. The lowest BCUT2D eigenvalue weighted by atomic mass is 9.76. The van der Waals surface area contributed by atoms with Crippen LogP contribution in [0.4, 0.5) is 8.78 Å². The molecule has 1 aromatic rings. The Kier molecular flexibility index (Phi) is 3.43. The van der Waals surface area contributed by atoms with Crippen LogP contribution in [-0.4, -0.2) is 48.6 Å². The van der Waals surface area contributed by atoms with Crippen molar-refractivity contribution in [3.05, 3.63) is 23.8 Å². The first-order chi connectivity index (χ1) is 11.4. The summed E-state index contributed by atoms with van der Waals surface area (Å²) in [6.07, 6.45) is -2.91. The van der Waals surface area contributed by atoms with E-state index in [1.165, 1.54) is 12.1 Å². The second kappa shape index (κ2) is 5.29. The summed E-state index contributed by atoms with van der Waals surface area (Å²) in [5, 5.41) is 9.64. The van der Waals surface area contributed by atoms with Gasteiger partial charge in [-0.1, -0.05) is 6.07 Å². The molecule has 0 radical (unpaired) electrons. The molecule has 3 heterocycles. The molecule has 8 heteroatoms. The van der Waals surface area contributed by atoms with E-state index in [0.717, 1.165) is 12.0 Å². The zero-order valence-electron chi connectivity index (χ0n) is 12.8. The first-order valence-corrected chi connectivity index (χ1v) is 7.80. The summed E-state index contributed by atoms with van der Waals surface area (Å²) < 4.78 is 40.4. The van der Waals surface area contributed by atoms with Crippen LogP contribution >= 0.6 is 0 Å². The maximum Gasteiger partial charge on any atom is 0.586 e. The van der Waals surface area contributed by atoms with Gasteiger partial charge in [-0.2, -0.15) is 0 Å². The third-order valence-electron chi connectivity index (χ3n) is 5.03. The molecular formula is C16H17F2NO5. The first kappa shape index (κ1) is 15.6. The number of alkyl halides is 2. The lowest BCUT2D eigenvalue weighted by Crippen LogP contribution is -2.46. The molecule has 3 aliphatic heterocycles. The summed E-state index contributed by atoms with van der Waals surface area (Å²) in [5.41, 5.74) is -0.100. The molecular weight excluding hydrogens is 324 g/mol. The number of likely N-dealkylation sites (tertiary alicyclic amines) is 1. The molecule has 2 atom stereocenters. The van der Waals surface area contributed by atoms with E-state index in [4.69, 9.17) is 4.74 Å². The van der Waals surface area contributed by atoms with E-state index in [1.54, 1.807) is 6.07 Å². The number of ether oxygens (including phenoxy) is 3. The van der Waals surface area contributed by atoms with Crippen molar-refractivity contribution in [3.63, 3.8) is 0 Å². The van der Waals surface area contributed by atoms with Crippen LogP contribution in [0.5, 0.6) is 11.5 Å². The smallest absolute Gasteiger partial charge is 0.481 e. The van der Waals surface area contributed by atoms with Crippen molar-refractivity contribution in [2.75, 3.05) is 26.3 Å². The Labute approximate surface area is 136 Å². The first-order valence-electron chi connectivity index (χ1n) is 7.80. The van der Waals surface area contributed by atoms with E-state index in [1.807, 2.05) is 4.90 Å². The maximum absolute atomic E-state index is 13.1. The van der Waals surface area contributed by atoms with E-state index in [0.29, 0.717) is 26.2 Å². The van der Waals surface area contributed by atoms with Crippen molar-refractivity contribution in [1.29, 1.82) is 0 Å². The topological polar surface area (TPSA) is 68.2 Å². The van der Waals surface area contributed by atoms with Gasteiger partial charge in [0.2, 0.25) is 0 Å². The summed E-state index contributed by atoms with van der Waals surface area (Å²) in [7, 11) is 0. The molecule has 2 fully saturated rings. The lowest BCUT2D eigenvalue weighted by Gasteiger charge is -2.34. The number of nitrogens with zero attached hydrogens (tertiary/aromatic N) is 1. The quantitative estimate of drug-likeness (QED) is 0.906. The fourth-order valence-electron chi connectivity index (χ4n) is 3.86. The molecule has 130 valence electrons. The monoisotopic (exact) mass is 341 g/mol. The van der Waals surface area contributed by atoms with Gasteiger partial charge < -0.3 is 19.3 Å². The highest BCUT2D eigenvalue weighted by atomic mass is 19.3. The molecule has 2 saturated heterocycles. The van der Waals surface area contributed by atoms with Crippen LogP contribution in [-0.2, 0) is 16.1 Å². The van der Waals surface area contributed by atoms with E-state index in [9.17, 15) is 18.7 Å². The number of carboxylic acids is 1. The second-order valence-electron chi connectivity index (χ2n) is 6.62. The predicted octanol–water partition coefficient (Wildman–Crippen LogP) is 1.93. The van der Waals surface area contributed by atoms with Gasteiger partial charge in [0, 0.05) is 26.2 Å². The van der Waals surface area contributed by atoms with Gasteiger partial charge in [0.05, 0.1) is 6.61 Å². The number of rotatable bonds is 3. The van der Waals surface area contributed by atoms with Crippen molar-refractivity contribution >= 4 is 5.97 Å². The Balaban J connectivity index is 1.50. The number of hydrogen-bond donors (Lipinski definition) is 1. The van der Waals surface area contributed by atoms with Gasteiger partial charge in [-0.25, -0.2) is 0 Å². The molecule has 4 rings (SSSR count). The van der Waals surface area contributed by atoms with Crippen molar-refractivity contribution in [2.24, 2.45) is 11.3 Å². The fourth-order valence-corrected chi connectivity index (χ4v) is 3.86. The summed E-state index contributed by atoms with van der Waals surface area (Å²) >= 11 is 0. The van der Waals surface area contributed by atoms with Crippen molar-refractivity contribution in [1.82, 2.24) is 4.90 Å². The Bertz CT molecular complexity index is 682. The fraction of sp³-hybridized carbons (Fsp3) is 0.562. The molecule has 3 aliphatic rings. The molecule has 0 amide bonds. The molecule has 1 aromatic carbocycles. The number of hydrogen-bond acceptors (Lipinski definition) is 5. The van der Waals surface area contributed by atoms with Gasteiger partial charge in [0.15, 0.2) is 11.5 Å². The molecule has 0 unspecified atom stereocenters. The third-order valence-corrected chi connectivity index (χ3v) is 5.03. The third kappa shape index (κ3) is 2.50. The van der Waals surface area contributed by atoms with Crippen LogP contribution in [0.15, 0.2) is 18.2 Å². The average molecular weight is 341 g/mol.